The molecule has 0 radical (unpaired) electrons. The first kappa shape index (κ1) is 17.4. The average molecular weight is 372 g/mol. The SMILES string of the molecule is Cc1c[nH]c2nccc(N3C=C(C(=O)N[C@H]4CCCC[C@H]4N)SCC3)c12. The summed E-state index contributed by atoms with van der Waals surface area (Å²) in [6.45, 7) is 2.94. The van der Waals surface area contributed by atoms with Crippen molar-refractivity contribution < 1.29 is 4.79 Å². The minimum atomic E-state index is -0.00172. The summed E-state index contributed by atoms with van der Waals surface area (Å²) in [4.78, 5) is 23.3. The number of H-pyrrole nitrogens is 1. The Hall–Kier alpha value is -1.99. The lowest BCUT2D eigenvalue weighted by Gasteiger charge is -2.31. The Labute approximate surface area is 157 Å². The topological polar surface area (TPSA) is 87.0 Å². The first-order chi connectivity index (χ1) is 12.6. The van der Waals surface area contributed by atoms with Crippen LogP contribution in [0.3, 0.4) is 0 Å². The van der Waals surface area contributed by atoms with Crippen molar-refractivity contribution in [2.45, 2.75) is 44.7 Å². The highest BCUT2D eigenvalue weighted by atomic mass is 32.2. The maximum absolute atomic E-state index is 12.8. The molecule has 0 aromatic carbocycles. The lowest BCUT2D eigenvalue weighted by Crippen LogP contribution is -2.49. The van der Waals surface area contributed by atoms with Gasteiger partial charge in [0.2, 0.25) is 0 Å². The van der Waals surface area contributed by atoms with E-state index in [-0.39, 0.29) is 18.0 Å². The molecule has 1 aliphatic carbocycles. The monoisotopic (exact) mass is 371 g/mol. The Morgan fingerprint density at radius 3 is 3.12 bits per heavy atom. The third kappa shape index (κ3) is 3.33. The van der Waals surface area contributed by atoms with Crippen molar-refractivity contribution in [3.05, 3.63) is 35.1 Å². The van der Waals surface area contributed by atoms with Crippen molar-refractivity contribution in [1.82, 2.24) is 15.3 Å². The van der Waals surface area contributed by atoms with Gasteiger partial charge in [0.15, 0.2) is 0 Å². The quantitative estimate of drug-likeness (QED) is 0.772. The van der Waals surface area contributed by atoms with Crippen LogP contribution in [0.1, 0.15) is 31.2 Å². The van der Waals surface area contributed by atoms with Gasteiger partial charge in [-0.15, -0.1) is 11.8 Å². The molecule has 2 aromatic rings. The Morgan fingerprint density at radius 2 is 2.27 bits per heavy atom. The number of aromatic nitrogens is 2. The van der Waals surface area contributed by atoms with Gasteiger partial charge in [0.25, 0.3) is 5.91 Å². The molecule has 1 amide bonds. The number of carbonyl (C=O) groups is 1. The standard InChI is InChI=1S/C19H25N5OS/c1-12-10-22-18-17(12)15(6-7-21-18)24-8-9-26-16(11-24)19(25)23-14-5-3-2-4-13(14)20/h6-7,10-11,13-14H,2-5,8-9,20H2,1H3,(H,21,22)(H,23,25)/t13-,14+/m1/s1. The largest absolute Gasteiger partial charge is 0.347 e. The van der Waals surface area contributed by atoms with Crippen molar-refractivity contribution in [1.29, 1.82) is 0 Å². The predicted octanol–water partition coefficient (Wildman–Crippen LogP) is 2.65. The summed E-state index contributed by atoms with van der Waals surface area (Å²) in [5.74, 6) is 0.877. The fourth-order valence-electron chi connectivity index (χ4n) is 3.83. The van der Waals surface area contributed by atoms with Crippen LogP contribution >= 0.6 is 11.8 Å². The van der Waals surface area contributed by atoms with Crippen LogP contribution in [0.25, 0.3) is 11.0 Å². The molecule has 138 valence electrons. The summed E-state index contributed by atoms with van der Waals surface area (Å²) < 4.78 is 0. The number of thioether (sulfide) groups is 1. The van der Waals surface area contributed by atoms with Gasteiger partial charge in [-0.1, -0.05) is 12.8 Å². The minimum absolute atomic E-state index is 0.00172. The zero-order chi connectivity index (χ0) is 18.1. The van der Waals surface area contributed by atoms with Crippen molar-refractivity contribution in [2.75, 3.05) is 17.2 Å². The summed E-state index contributed by atoms with van der Waals surface area (Å²) in [5.41, 5.74) is 9.31. The zero-order valence-electron chi connectivity index (χ0n) is 15.0. The minimum Gasteiger partial charge on any atom is -0.347 e. The van der Waals surface area contributed by atoms with Crippen molar-refractivity contribution in [3.8, 4) is 0 Å². The second-order valence-electron chi connectivity index (χ2n) is 7.09. The second kappa shape index (κ2) is 7.32. The lowest BCUT2D eigenvalue weighted by molar-refractivity contribution is -0.117. The molecular formula is C19H25N5OS. The molecule has 0 saturated heterocycles. The van der Waals surface area contributed by atoms with Gasteiger partial charge < -0.3 is 20.9 Å². The van der Waals surface area contributed by atoms with Gasteiger partial charge >= 0.3 is 0 Å². The number of carbonyl (C=O) groups excluding carboxylic acids is 1. The molecule has 2 aliphatic rings. The molecule has 6 nitrogen and oxygen atoms in total. The maximum atomic E-state index is 12.8. The van der Waals surface area contributed by atoms with E-state index in [1.807, 2.05) is 24.7 Å². The number of hydrogen-bond donors (Lipinski definition) is 3. The van der Waals surface area contributed by atoms with Crippen LogP contribution in [0.15, 0.2) is 29.6 Å². The van der Waals surface area contributed by atoms with Crippen molar-refractivity contribution in [2.24, 2.45) is 5.73 Å². The van der Waals surface area contributed by atoms with E-state index in [0.717, 1.165) is 65.2 Å². The van der Waals surface area contributed by atoms with E-state index in [1.54, 1.807) is 11.8 Å². The Kier molecular flexibility index (Phi) is 4.91. The number of nitrogens with zero attached hydrogens (tertiary/aromatic N) is 2. The average Bonchev–Trinajstić information content (AvgIpc) is 3.05. The van der Waals surface area contributed by atoms with E-state index < -0.39 is 0 Å². The number of pyridine rings is 1. The normalized spacial score (nSPS) is 23.8. The number of nitrogens with two attached hydrogens (primary N) is 1. The molecule has 7 heteroatoms. The van der Waals surface area contributed by atoms with Crippen LogP contribution in [0.4, 0.5) is 5.69 Å². The molecule has 4 rings (SSSR count). The van der Waals surface area contributed by atoms with Crippen LogP contribution in [-0.4, -0.2) is 40.3 Å². The van der Waals surface area contributed by atoms with E-state index in [0.29, 0.717) is 0 Å². The predicted molar refractivity (Wildman–Crippen MR) is 107 cm³/mol. The Bertz CT molecular complexity index is 846. The van der Waals surface area contributed by atoms with E-state index in [9.17, 15) is 4.79 Å². The molecule has 26 heavy (non-hydrogen) atoms. The molecule has 2 atom stereocenters. The van der Waals surface area contributed by atoms with Gasteiger partial charge in [0, 0.05) is 48.4 Å². The molecule has 3 heterocycles. The van der Waals surface area contributed by atoms with Crippen molar-refractivity contribution in [3.63, 3.8) is 0 Å². The molecule has 0 spiro atoms. The van der Waals surface area contributed by atoms with Gasteiger partial charge in [-0.05, 0) is 31.4 Å². The first-order valence-corrected chi connectivity index (χ1v) is 10.2. The molecule has 1 aliphatic heterocycles. The molecule has 0 bridgehead atoms. The van der Waals surface area contributed by atoms with Gasteiger partial charge in [0.05, 0.1) is 10.6 Å². The Balaban J connectivity index is 1.57. The highest BCUT2D eigenvalue weighted by Gasteiger charge is 2.26. The highest BCUT2D eigenvalue weighted by molar-refractivity contribution is 8.04. The van der Waals surface area contributed by atoms with Crippen LogP contribution in [0.2, 0.25) is 0 Å². The molecule has 1 saturated carbocycles. The first-order valence-electron chi connectivity index (χ1n) is 9.24. The third-order valence-electron chi connectivity index (χ3n) is 5.28. The molecule has 1 fully saturated rings. The number of hydrogen-bond acceptors (Lipinski definition) is 5. The lowest BCUT2D eigenvalue weighted by atomic mass is 9.91. The van der Waals surface area contributed by atoms with E-state index in [2.05, 4.69) is 27.1 Å². The number of rotatable bonds is 3. The van der Waals surface area contributed by atoms with Crippen LogP contribution in [0.5, 0.6) is 0 Å². The molecule has 4 N–H and O–H groups in total. The molecular weight excluding hydrogens is 346 g/mol. The van der Waals surface area contributed by atoms with Crippen LogP contribution < -0.4 is 16.0 Å². The summed E-state index contributed by atoms with van der Waals surface area (Å²) in [6, 6.07) is 2.18. The van der Waals surface area contributed by atoms with Gasteiger partial charge in [-0.2, -0.15) is 0 Å². The zero-order valence-corrected chi connectivity index (χ0v) is 15.8. The number of anilines is 1. The third-order valence-corrected chi connectivity index (χ3v) is 6.27. The van der Waals surface area contributed by atoms with Crippen LogP contribution in [0, 0.1) is 6.92 Å². The maximum Gasteiger partial charge on any atom is 0.259 e. The molecule has 0 unspecified atom stereocenters. The second-order valence-corrected chi connectivity index (χ2v) is 8.23. The summed E-state index contributed by atoms with van der Waals surface area (Å²) in [6.07, 6.45) is 10.0. The van der Waals surface area contributed by atoms with E-state index in [1.165, 1.54) is 0 Å². The molecule has 2 aromatic heterocycles. The van der Waals surface area contributed by atoms with E-state index in [4.69, 9.17) is 5.73 Å². The van der Waals surface area contributed by atoms with Gasteiger partial charge in [0.1, 0.15) is 5.65 Å². The number of aromatic amines is 1. The van der Waals surface area contributed by atoms with E-state index >= 15 is 0 Å². The highest BCUT2D eigenvalue weighted by Crippen LogP contribution is 2.32. The number of aryl methyl sites for hydroxylation is 1. The number of nitrogens with one attached hydrogen (secondary N) is 2. The van der Waals surface area contributed by atoms with Crippen LogP contribution in [-0.2, 0) is 4.79 Å². The number of amides is 1. The van der Waals surface area contributed by atoms with Gasteiger partial charge in [-0.3, -0.25) is 4.79 Å². The van der Waals surface area contributed by atoms with Gasteiger partial charge in [-0.25, -0.2) is 4.98 Å². The Morgan fingerprint density at radius 1 is 1.42 bits per heavy atom. The fourth-order valence-corrected chi connectivity index (χ4v) is 4.73. The smallest absolute Gasteiger partial charge is 0.259 e. The summed E-state index contributed by atoms with van der Waals surface area (Å²) in [5, 5.41) is 4.27. The summed E-state index contributed by atoms with van der Waals surface area (Å²) >= 11 is 1.61. The summed E-state index contributed by atoms with van der Waals surface area (Å²) in [7, 11) is 0. The van der Waals surface area contributed by atoms with Crippen molar-refractivity contribution >= 4 is 34.4 Å². The number of fused-ring (bicyclic) bond motifs is 1. The fraction of sp³-hybridized carbons (Fsp3) is 0.474.